The molecule has 0 heterocycles. The Morgan fingerprint density at radius 3 is 2.71 bits per heavy atom. The van der Waals surface area contributed by atoms with E-state index in [1.165, 1.54) is 0 Å². The van der Waals surface area contributed by atoms with Crippen molar-refractivity contribution in [3.8, 4) is 5.75 Å². The molecule has 92 valence electrons. The summed E-state index contributed by atoms with van der Waals surface area (Å²) in [6, 6.07) is 5.76. The molecule has 0 bridgehead atoms. The topological polar surface area (TPSA) is 58.6 Å². The number of benzene rings is 1. The van der Waals surface area contributed by atoms with Crippen LogP contribution in [0.5, 0.6) is 5.75 Å². The van der Waals surface area contributed by atoms with Gasteiger partial charge in [0.25, 0.3) is 0 Å². The van der Waals surface area contributed by atoms with Gasteiger partial charge in [-0.25, -0.2) is 0 Å². The summed E-state index contributed by atoms with van der Waals surface area (Å²) in [5.41, 5.74) is 1.45. The number of carbonyl (C=O) groups is 1. The lowest BCUT2D eigenvalue weighted by Gasteiger charge is -2.13. The predicted octanol–water partition coefficient (Wildman–Crippen LogP) is 2.28. The standard InChI is InChI=1S/C13H17NO3/c1-9-7-10(3-4-11(9)17-2)14-8-13(5-6-13)12(15)16/h3-4,7,14H,5-6,8H2,1-2H3,(H,15,16). The molecule has 4 nitrogen and oxygen atoms in total. The van der Waals surface area contributed by atoms with Crippen LogP contribution in [-0.2, 0) is 4.79 Å². The molecule has 0 spiro atoms. The van der Waals surface area contributed by atoms with E-state index >= 15 is 0 Å². The number of hydrogen-bond acceptors (Lipinski definition) is 3. The van der Waals surface area contributed by atoms with Crippen molar-refractivity contribution in [2.75, 3.05) is 19.0 Å². The Hall–Kier alpha value is -1.71. The van der Waals surface area contributed by atoms with Crippen LogP contribution in [0.25, 0.3) is 0 Å². The minimum atomic E-state index is -0.699. The Labute approximate surface area is 101 Å². The molecule has 17 heavy (non-hydrogen) atoms. The molecule has 1 aromatic carbocycles. The van der Waals surface area contributed by atoms with Gasteiger partial charge in [0.1, 0.15) is 5.75 Å². The Kier molecular flexibility index (Phi) is 2.96. The predicted molar refractivity (Wildman–Crippen MR) is 65.5 cm³/mol. The molecular weight excluding hydrogens is 218 g/mol. The fourth-order valence-electron chi connectivity index (χ4n) is 1.88. The highest BCUT2D eigenvalue weighted by molar-refractivity contribution is 5.78. The number of methoxy groups -OCH3 is 1. The molecule has 0 atom stereocenters. The fraction of sp³-hybridized carbons (Fsp3) is 0.462. The van der Waals surface area contributed by atoms with E-state index in [-0.39, 0.29) is 0 Å². The number of hydrogen-bond donors (Lipinski definition) is 2. The Balaban J connectivity index is 2.00. The van der Waals surface area contributed by atoms with Crippen LogP contribution < -0.4 is 10.1 Å². The second-order valence-electron chi connectivity index (χ2n) is 4.62. The van der Waals surface area contributed by atoms with Crippen molar-refractivity contribution in [2.45, 2.75) is 19.8 Å². The van der Waals surface area contributed by atoms with Crippen LogP contribution in [0.4, 0.5) is 5.69 Å². The van der Waals surface area contributed by atoms with Crippen molar-refractivity contribution >= 4 is 11.7 Å². The van der Waals surface area contributed by atoms with Gasteiger partial charge < -0.3 is 15.2 Å². The molecule has 0 unspecified atom stereocenters. The van der Waals surface area contributed by atoms with Gasteiger partial charge in [0.15, 0.2) is 0 Å². The molecule has 0 aliphatic heterocycles. The van der Waals surface area contributed by atoms with E-state index in [1.54, 1.807) is 7.11 Å². The number of anilines is 1. The van der Waals surface area contributed by atoms with E-state index in [1.807, 2.05) is 25.1 Å². The summed E-state index contributed by atoms with van der Waals surface area (Å²) in [4.78, 5) is 11.0. The molecule has 1 aliphatic rings. The molecule has 1 fully saturated rings. The minimum Gasteiger partial charge on any atom is -0.496 e. The molecule has 0 radical (unpaired) electrons. The van der Waals surface area contributed by atoms with Crippen LogP contribution >= 0.6 is 0 Å². The lowest BCUT2D eigenvalue weighted by molar-refractivity contribution is -0.142. The summed E-state index contributed by atoms with van der Waals surface area (Å²) in [5.74, 6) is 0.144. The van der Waals surface area contributed by atoms with Crippen LogP contribution in [0, 0.1) is 12.3 Å². The Morgan fingerprint density at radius 1 is 1.53 bits per heavy atom. The highest BCUT2D eigenvalue weighted by atomic mass is 16.5. The Bertz CT molecular complexity index is 438. The Morgan fingerprint density at radius 2 is 2.24 bits per heavy atom. The summed E-state index contributed by atoms with van der Waals surface area (Å²) >= 11 is 0. The molecule has 0 aromatic heterocycles. The average molecular weight is 235 g/mol. The highest BCUT2D eigenvalue weighted by Crippen LogP contribution is 2.45. The van der Waals surface area contributed by atoms with E-state index in [9.17, 15) is 4.79 Å². The van der Waals surface area contributed by atoms with Crippen molar-refractivity contribution in [1.82, 2.24) is 0 Å². The van der Waals surface area contributed by atoms with Crippen LogP contribution in [0.2, 0.25) is 0 Å². The van der Waals surface area contributed by atoms with Gasteiger partial charge in [0, 0.05) is 12.2 Å². The van der Waals surface area contributed by atoms with Gasteiger partial charge in [-0.15, -0.1) is 0 Å². The summed E-state index contributed by atoms with van der Waals surface area (Å²) < 4.78 is 5.17. The lowest BCUT2D eigenvalue weighted by Crippen LogP contribution is -2.24. The first-order chi connectivity index (χ1) is 8.07. The van der Waals surface area contributed by atoms with Crippen LogP contribution in [0.1, 0.15) is 18.4 Å². The average Bonchev–Trinajstić information content (AvgIpc) is 3.07. The van der Waals surface area contributed by atoms with Crippen LogP contribution in [-0.4, -0.2) is 24.7 Å². The van der Waals surface area contributed by atoms with Gasteiger partial charge in [-0.3, -0.25) is 4.79 Å². The first-order valence-electron chi connectivity index (χ1n) is 5.69. The minimum absolute atomic E-state index is 0.494. The van der Waals surface area contributed by atoms with E-state index in [4.69, 9.17) is 9.84 Å². The number of carboxylic acids is 1. The molecule has 1 aromatic rings. The third-order valence-electron chi connectivity index (χ3n) is 3.33. The third-order valence-corrected chi connectivity index (χ3v) is 3.33. The monoisotopic (exact) mass is 235 g/mol. The zero-order valence-electron chi connectivity index (χ0n) is 10.1. The quantitative estimate of drug-likeness (QED) is 0.822. The SMILES string of the molecule is COc1ccc(NCC2(C(=O)O)CC2)cc1C. The van der Waals surface area contributed by atoms with Gasteiger partial charge in [-0.2, -0.15) is 0 Å². The second-order valence-corrected chi connectivity index (χ2v) is 4.62. The van der Waals surface area contributed by atoms with Crippen LogP contribution in [0.3, 0.4) is 0 Å². The van der Waals surface area contributed by atoms with E-state index in [2.05, 4.69) is 5.32 Å². The maximum Gasteiger partial charge on any atom is 0.311 e. The molecule has 0 saturated heterocycles. The summed E-state index contributed by atoms with van der Waals surface area (Å²) in [5, 5.41) is 12.2. The number of aryl methyl sites for hydroxylation is 1. The van der Waals surface area contributed by atoms with E-state index in [0.29, 0.717) is 6.54 Å². The third kappa shape index (κ3) is 2.35. The smallest absolute Gasteiger partial charge is 0.311 e. The van der Waals surface area contributed by atoms with Gasteiger partial charge in [0.05, 0.1) is 12.5 Å². The maximum atomic E-state index is 11.0. The second kappa shape index (κ2) is 4.28. The number of nitrogens with one attached hydrogen (secondary N) is 1. The largest absolute Gasteiger partial charge is 0.496 e. The molecule has 1 saturated carbocycles. The molecule has 2 rings (SSSR count). The number of rotatable bonds is 5. The summed E-state index contributed by atoms with van der Waals surface area (Å²) in [6.07, 6.45) is 1.54. The molecule has 0 amide bonds. The summed E-state index contributed by atoms with van der Waals surface area (Å²) in [7, 11) is 1.64. The van der Waals surface area contributed by atoms with Gasteiger partial charge in [-0.05, 0) is 43.5 Å². The first-order valence-corrected chi connectivity index (χ1v) is 5.69. The van der Waals surface area contributed by atoms with Crippen LogP contribution in [0.15, 0.2) is 18.2 Å². The van der Waals surface area contributed by atoms with Gasteiger partial charge in [-0.1, -0.05) is 0 Å². The van der Waals surface area contributed by atoms with Crippen molar-refractivity contribution < 1.29 is 14.6 Å². The van der Waals surface area contributed by atoms with Crippen molar-refractivity contribution in [1.29, 1.82) is 0 Å². The molecule has 1 aliphatic carbocycles. The van der Waals surface area contributed by atoms with E-state index in [0.717, 1.165) is 29.8 Å². The molecular formula is C13H17NO3. The molecule has 2 N–H and O–H groups in total. The number of ether oxygens (including phenoxy) is 1. The zero-order chi connectivity index (χ0) is 12.5. The van der Waals surface area contributed by atoms with Crippen molar-refractivity contribution in [3.63, 3.8) is 0 Å². The fourth-order valence-corrected chi connectivity index (χ4v) is 1.88. The highest BCUT2D eigenvalue weighted by Gasteiger charge is 2.49. The van der Waals surface area contributed by atoms with Crippen molar-refractivity contribution in [3.05, 3.63) is 23.8 Å². The van der Waals surface area contributed by atoms with Gasteiger partial charge >= 0.3 is 5.97 Å². The zero-order valence-corrected chi connectivity index (χ0v) is 10.1. The first kappa shape index (κ1) is 11.8. The van der Waals surface area contributed by atoms with E-state index < -0.39 is 11.4 Å². The number of carboxylic acid groups (broad SMARTS) is 1. The van der Waals surface area contributed by atoms with Gasteiger partial charge in [0.2, 0.25) is 0 Å². The van der Waals surface area contributed by atoms with Crippen molar-refractivity contribution in [2.24, 2.45) is 5.41 Å². The summed E-state index contributed by atoms with van der Waals surface area (Å²) in [6.45, 7) is 2.46. The molecule has 4 heteroatoms. The maximum absolute atomic E-state index is 11.0. The number of aliphatic carboxylic acids is 1. The lowest BCUT2D eigenvalue weighted by atomic mass is 10.1. The normalized spacial score (nSPS) is 16.4.